The summed E-state index contributed by atoms with van der Waals surface area (Å²) >= 11 is 1.60. The quantitative estimate of drug-likeness (QED) is 0.551. The van der Waals surface area contributed by atoms with Gasteiger partial charge in [0.05, 0.1) is 11.4 Å². The van der Waals surface area contributed by atoms with Gasteiger partial charge >= 0.3 is 0 Å². The summed E-state index contributed by atoms with van der Waals surface area (Å²) in [5, 5.41) is 2.95. The number of para-hydroxylation sites is 2. The predicted octanol–water partition coefficient (Wildman–Crippen LogP) is 5.97. The number of hydrogen-bond donors (Lipinski definition) is 1. The van der Waals surface area contributed by atoms with Crippen LogP contribution in [0.1, 0.15) is 16.7 Å². The van der Waals surface area contributed by atoms with E-state index in [1.807, 2.05) is 55.5 Å². The molecule has 27 heavy (non-hydrogen) atoms. The summed E-state index contributed by atoms with van der Waals surface area (Å²) in [6.07, 6.45) is 0. The SMILES string of the molecule is Cc1ccc(CSCC(=O)Nc2ccccc2Oc2ccc(C)cc2)cc1. The lowest BCUT2D eigenvalue weighted by molar-refractivity contribution is -0.113. The van der Waals surface area contributed by atoms with Crippen molar-refractivity contribution in [1.82, 2.24) is 0 Å². The molecular weight excluding hydrogens is 354 g/mol. The lowest BCUT2D eigenvalue weighted by Gasteiger charge is -2.12. The van der Waals surface area contributed by atoms with Crippen LogP contribution in [0.25, 0.3) is 0 Å². The molecule has 0 saturated carbocycles. The zero-order valence-corrected chi connectivity index (χ0v) is 16.4. The van der Waals surface area contributed by atoms with E-state index in [2.05, 4.69) is 36.5 Å². The Morgan fingerprint density at radius 3 is 2.22 bits per heavy atom. The first-order chi connectivity index (χ1) is 13.1. The van der Waals surface area contributed by atoms with E-state index in [-0.39, 0.29) is 5.91 Å². The number of rotatable bonds is 7. The van der Waals surface area contributed by atoms with Crippen molar-refractivity contribution in [3.63, 3.8) is 0 Å². The molecule has 3 rings (SSSR count). The van der Waals surface area contributed by atoms with Crippen molar-refractivity contribution >= 4 is 23.4 Å². The number of amides is 1. The number of thioether (sulfide) groups is 1. The third kappa shape index (κ3) is 5.90. The number of anilines is 1. The molecule has 3 aromatic carbocycles. The fraction of sp³-hybridized carbons (Fsp3) is 0.174. The van der Waals surface area contributed by atoms with Gasteiger partial charge in [0.2, 0.25) is 5.91 Å². The average Bonchev–Trinajstić information content (AvgIpc) is 2.67. The van der Waals surface area contributed by atoms with Gasteiger partial charge in [0.1, 0.15) is 5.75 Å². The van der Waals surface area contributed by atoms with Crippen molar-refractivity contribution < 1.29 is 9.53 Å². The summed E-state index contributed by atoms with van der Waals surface area (Å²) in [7, 11) is 0. The van der Waals surface area contributed by atoms with Gasteiger partial charge in [0.15, 0.2) is 5.75 Å². The van der Waals surface area contributed by atoms with Gasteiger partial charge in [0, 0.05) is 5.75 Å². The zero-order chi connectivity index (χ0) is 19.1. The number of hydrogen-bond acceptors (Lipinski definition) is 3. The van der Waals surface area contributed by atoms with Crippen LogP contribution in [0, 0.1) is 13.8 Å². The Morgan fingerprint density at radius 1 is 0.889 bits per heavy atom. The molecule has 3 aromatic rings. The van der Waals surface area contributed by atoms with E-state index < -0.39 is 0 Å². The Hall–Kier alpha value is -2.72. The van der Waals surface area contributed by atoms with Crippen molar-refractivity contribution in [1.29, 1.82) is 0 Å². The maximum atomic E-state index is 12.3. The smallest absolute Gasteiger partial charge is 0.234 e. The van der Waals surface area contributed by atoms with Gasteiger partial charge in [-0.2, -0.15) is 0 Å². The van der Waals surface area contributed by atoms with Gasteiger partial charge in [-0.3, -0.25) is 4.79 Å². The Kier molecular flexibility index (Phi) is 6.55. The number of nitrogens with one attached hydrogen (secondary N) is 1. The Morgan fingerprint density at radius 2 is 1.52 bits per heavy atom. The first-order valence-corrected chi connectivity index (χ1v) is 10.0. The average molecular weight is 378 g/mol. The van der Waals surface area contributed by atoms with Crippen LogP contribution in [0.4, 0.5) is 5.69 Å². The molecule has 0 unspecified atom stereocenters. The molecule has 0 spiro atoms. The second-order valence-corrected chi connectivity index (χ2v) is 7.42. The number of benzene rings is 3. The molecule has 4 heteroatoms. The molecule has 1 N–H and O–H groups in total. The first kappa shape index (κ1) is 19.1. The fourth-order valence-electron chi connectivity index (χ4n) is 2.52. The number of carbonyl (C=O) groups is 1. The van der Waals surface area contributed by atoms with E-state index in [0.29, 0.717) is 17.2 Å². The normalized spacial score (nSPS) is 10.4. The second-order valence-electron chi connectivity index (χ2n) is 6.44. The van der Waals surface area contributed by atoms with Crippen molar-refractivity contribution in [2.45, 2.75) is 19.6 Å². The van der Waals surface area contributed by atoms with Gasteiger partial charge in [-0.1, -0.05) is 59.7 Å². The second kappa shape index (κ2) is 9.28. The van der Waals surface area contributed by atoms with Crippen LogP contribution in [-0.2, 0) is 10.5 Å². The minimum absolute atomic E-state index is 0.0351. The number of aryl methyl sites for hydroxylation is 2. The summed E-state index contributed by atoms with van der Waals surface area (Å²) in [5.41, 5.74) is 4.32. The number of carbonyl (C=O) groups excluding carboxylic acids is 1. The predicted molar refractivity (Wildman–Crippen MR) is 114 cm³/mol. The third-order valence-corrected chi connectivity index (χ3v) is 5.04. The minimum atomic E-state index is -0.0351. The van der Waals surface area contributed by atoms with Gasteiger partial charge in [0.25, 0.3) is 0 Å². The molecule has 0 radical (unpaired) electrons. The Bertz CT molecular complexity index is 889. The van der Waals surface area contributed by atoms with Crippen molar-refractivity contribution in [2.24, 2.45) is 0 Å². The molecule has 3 nitrogen and oxygen atoms in total. The van der Waals surface area contributed by atoms with E-state index in [4.69, 9.17) is 4.74 Å². The van der Waals surface area contributed by atoms with E-state index in [9.17, 15) is 4.79 Å². The maximum absolute atomic E-state index is 12.3. The van der Waals surface area contributed by atoms with E-state index in [1.165, 1.54) is 16.7 Å². The molecule has 0 bridgehead atoms. The van der Waals surface area contributed by atoms with Gasteiger partial charge in [-0.25, -0.2) is 0 Å². The molecule has 0 atom stereocenters. The summed E-state index contributed by atoms with van der Waals surface area (Å²) in [5.74, 6) is 2.56. The molecule has 0 aliphatic rings. The standard InChI is InChI=1S/C23H23NO2S/c1-17-7-11-19(12-8-17)15-27-16-23(25)24-21-5-3-4-6-22(21)26-20-13-9-18(2)10-14-20/h3-14H,15-16H2,1-2H3,(H,24,25). The molecule has 0 heterocycles. The van der Waals surface area contributed by atoms with Crippen LogP contribution in [0.5, 0.6) is 11.5 Å². The first-order valence-electron chi connectivity index (χ1n) is 8.87. The van der Waals surface area contributed by atoms with E-state index >= 15 is 0 Å². The van der Waals surface area contributed by atoms with Crippen molar-refractivity contribution in [3.8, 4) is 11.5 Å². The highest BCUT2D eigenvalue weighted by molar-refractivity contribution is 7.99. The molecule has 0 aromatic heterocycles. The summed E-state index contributed by atoms with van der Waals surface area (Å²) < 4.78 is 5.93. The molecule has 1 amide bonds. The molecular formula is C23H23NO2S. The fourth-order valence-corrected chi connectivity index (χ4v) is 3.31. The lowest BCUT2D eigenvalue weighted by atomic mass is 10.2. The highest BCUT2D eigenvalue weighted by Gasteiger charge is 2.09. The van der Waals surface area contributed by atoms with Crippen LogP contribution >= 0.6 is 11.8 Å². The maximum Gasteiger partial charge on any atom is 0.234 e. The minimum Gasteiger partial charge on any atom is -0.455 e. The van der Waals surface area contributed by atoms with Gasteiger partial charge in [-0.15, -0.1) is 11.8 Å². The highest BCUT2D eigenvalue weighted by Crippen LogP contribution is 2.29. The topological polar surface area (TPSA) is 38.3 Å². The van der Waals surface area contributed by atoms with Crippen LogP contribution in [0.2, 0.25) is 0 Å². The Balaban J connectivity index is 1.55. The van der Waals surface area contributed by atoms with Crippen LogP contribution in [-0.4, -0.2) is 11.7 Å². The molecule has 0 fully saturated rings. The van der Waals surface area contributed by atoms with E-state index in [0.717, 1.165) is 11.5 Å². The third-order valence-electron chi connectivity index (χ3n) is 4.03. The van der Waals surface area contributed by atoms with Crippen molar-refractivity contribution in [3.05, 3.63) is 89.5 Å². The summed E-state index contributed by atoms with van der Waals surface area (Å²) in [6, 6.07) is 23.7. The van der Waals surface area contributed by atoms with E-state index in [1.54, 1.807) is 11.8 Å². The lowest BCUT2D eigenvalue weighted by Crippen LogP contribution is -2.14. The van der Waals surface area contributed by atoms with Gasteiger partial charge < -0.3 is 10.1 Å². The Labute approximate surface area is 164 Å². The largest absolute Gasteiger partial charge is 0.455 e. The molecule has 0 aliphatic carbocycles. The molecule has 138 valence electrons. The van der Waals surface area contributed by atoms with Gasteiger partial charge in [-0.05, 0) is 43.7 Å². The van der Waals surface area contributed by atoms with Crippen molar-refractivity contribution in [2.75, 3.05) is 11.1 Å². The van der Waals surface area contributed by atoms with Crippen LogP contribution in [0.3, 0.4) is 0 Å². The van der Waals surface area contributed by atoms with Crippen LogP contribution < -0.4 is 10.1 Å². The summed E-state index contributed by atoms with van der Waals surface area (Å²) in [6.45, 7) is 4.10. The number of ether oxygens (including phenoxy) is 1. The molecule has 0 saturated heterocycles. The summed E-state index contributed by atoms with van der Waals surface area (Å²) in [4.78, 5) is 12.3. The highest BCUT2D eigenvalue weighted by atomic mass is 32.2. The van der Waals surface area contributed by atoms with Crippen LogP contribution in [0.15, 0.2) is 72.8 Å². The monoisotopic (exact) mass is 377 g/mol. The molecule has 0 aliphatic heterocycles. The zero-order valence-electron chi connectivity index (χ0n) is 15.6.